The van der Waals surface area contributed by atoms with Crippen LogP contribution in [0.4, 0.5) is 23.2 Å². The Morgan fingerprint density at radius 2 is 1.69 bits per heavy atom. The predicted octanol–water partition coefficient (Wildman–Crippen LogP) is 4.75. The first-order valence-corrected chi connectivity index (χ1v) is 8.87. The summed E-state index contributed by atoms with van der Waals surface area (Å²) in [6.07, 6.45) is -2.90. The Balaban J connectivity index is 1.70. The summed E-state index contributed by atoms with van der Waals surface area (Å²) in [5.74, 6) is -0.640. The molecule has 0 atom stereocenters. The lowest BCUT2D eigenvalue weighted by Crippen LogP contribution is -2.22. The summed E-state index contributed by atoms with van der Waals surface area (Å²) in [4.78, 5) is 3.43. The number of benzene rings is 2. The highest BCUT2D eigenvalue weighted by Gasteiger charge is 2.31. The second kappa shape index (κ2) is 7.23. The summed E-state index contributed by atoms with van der Waals surface area (Å²) >= 11 is 0. The lowest BCUT2D eigenvalue weighted by Gasteiger charge is -2.26. The van der Waals surface area contributed by atoms with Crippen molar-refractivity contribution in [3.63, 3.8) is 0 Å². The van der Waals surface area contributed by atoms with Gasteiger partial charge in [-0.05, 0) is 48.9 Å². The normalized spacial score (nSPS) is 13.8. The van der Waals surface area contributed by atoms with Crippen molar-refractivity contribution < 1.29 is 22.3 Å². The van der Waals surface area contributed by atoms with Crippen molar-refractivity contribution in [3.05, 3.63) is 77.5 Å². The number of alkyl halides is 3. The molecule has 0 radical (unpaired) electrons. The van der Waals surface area contributed by atoms with Crippen LogP contribution in [-0.4, -0.2) is 21.4 Å². The minimum absolute atomic E-state index is 0.293. The highest BCUT2D eigenvalue weighted by Crippen LogP contribution is 2.33. The zero-order valence-electron chi connectivity index (χ0n) is 15.3. The molecule has 0 saturated carbocycles. The second-order valence-electron chi connectivity index (χ2n) is 6.40. The smallest absolute Gasteiger partial charge is 0.406 e. The molecule has 2 heterocycles. The number of halogens is 4. The van der Waals surface area contributed by atoms with E-state index in [4.69, 9.17) is 0 Å². The van der Waals surface area contributed by atoms with Gasteiger partial charge in [0.25, 0.3) is 0 Å². The van der Waals surface area contributed by atoms with E-state index in [1.54, 1.807) is 16.9 Å². The van der Waals surface area contributed by atoms with Gasteiger partial charge in [0.05, 0.1) is 13.1 Å². The standard InChI is InChI=1S/C20H16F4N4O/c1-2-28-25-18-12-27(15-7-9-16(10-8-15)29-20(22,23)24)11-17(19(18)26-28)13-3-5-14(21)6-4-13/h3-11H,2,12H2,1H3. The van der Waals surface area contributed by atoms with Crippen molar-refractivity contribution in [1.82, 2.24) is 15.0 Å². The van der Waals surface area contributed by atoms with E-state index >= 15 is 0 Å². The molecule has 0 unspecified atom stereocenters. The van der Waals surface area contributed by atoms with Crippen LogP contribution in [0.1, 0.15) is 23.9 Å². The number of aromatic nitrogens is 3. The van der Waals surface area contributed by atoms with E-state index in [0.717, 1.165) is 16.8 Å². The third-order valence-corrected chi connectivity index (χ3v) is 4.43. The maximum absolute atomic E-state index is 13.4. The molecule has 0 bridgehead atoms. The Morgan fingerprint density at radius 3 is 2.31 bits per heavy atom. The van der Waals surface area contributed by atoms with Gasteiger partial charge >= 0.3 is 6.36 Å². The van der Waals surface area contributed by atoms with Crippen LogP contribution in [0.5, 0.6) is 5.75 Å². The van der Waals surface area contributed by atoms with Crippen LogP contribution in [0.15, 0.2) is 54.7 Å². The van der Waals surface area contributed by atoms with Gasteiger partial charge in [0.1, 0.15) is 23.0 Å². The lowest BCUT2D eigenvalue weighted by molar-refractivity contribution is -0.274. The van der Waals surface area contributed by atoms with E-state index in [1.165, 1.54) is 36.4 Å². The maximum Gasteiger partial charge on any atom is 0.573 e. The van der Waals surface area contributed by atoms with Gasteiger partial charge in [-0.1, -0.05) is 12.1 Å². The van der Waals surface area contributed by atoms with Gasteiger partial charge < -0.3 is 9.64 Å². The van der Waals surface area contributed by atoms with Crippen molar-refractivity contribution in [2.45, 2.75) is 26.4 Å². The highest BCUT2D eigenvalue weighted by atomic mass is 19.4. The van der Waals surface area contributed by atoms with Crippen LogP contribution >= 0.6 is 0 Å². The fourth-order valence-corrected chi connectivity index (χ4v) is 3.11. The maximum atomic E-state index is 13.4. The first kappa shape index (κ1) is 19.0. The molecule has 1 aromatic heterocycles. The Kier molecular flexibility index (Phi) is 4.73. The van der Waals surface area contributed by atoms with Crippen LogP contribution in [0.2, 0.25) is 0 Å². The summed E-state index contributed by atoms with van der Waals surface area (Å²) in [7, 11) is 0. The monoisotopic (exact) mass is 404 g/mol. The second-order valence-corrected chi connectivity index (χ2v) is 6.40. The first-order chi connectivity index (χ1) is 13.8. The largest absolute Gasteiger partial charge is 0.573 e. The Morgan fingerprint density at radius 1 is 1.00 bits per heavy atom. The fourth-order valence-electron chi connectivity index (χ4n) is 3.11. The zero-order chi connectivity index (χ0) is 20.6. The molecule has 29 heavy (non-hydrogen) atoms. The summed E-state index contributed by atoms with van der Waals surface area (Å²) < 4.78 is 54.4. The molecule has 0 saturated heterocycles. The van der Waals surface area contributed by atoms with E-state index in [1.807, 2.05) is 18.0 Å². The number of hydrogen-bond donors (Lipinski definition) is 0. The van der Waals surface area contributed by atoms with Gasteiger partial charge in [0.15, 0.2) is 0 Å². The number of rotatable bonds is 4. The fraction of sp³-hybridized carbons (Fsp3) is 0.200. The van der Waals surface area contributed by atoms with Crippen LogP contribution in [0.25, 0.3) is 5.57 Å². The molecule has 9 heteroatoms. The van der Waals surface area contributed by atoms with Crippen LogP contribution in [0.3, 0.4) is 0 Å². The van der Waals surface area contributed by atoms with Crippen molar-refractivity contribution in [2.24, 2.45) is 0 Å². The molecule has 0 spiro atoms. The SMILES string of the molecule is CCn1nc2c(n1)C(c1ccc(F)cc1)=CN(c1ccc(OC(F)(F)F)cc1)C2. The number of hydrogen-bond acceptors (Lipinski definition) is 4. The molecule has 5 nitrogen and oxygen atoms in total. The lowest BCUT2D eigenvalue weighted by atomic mass is 9.99. The average molecular weight is 404 g/mol. The van der Waals surface area contributed by atoms with Crippen LogP contribution in [-0.2, 0) is 13.1 Å². The average Bonchev–Trinajstić information content (AvgIpc) is 3.10. The molecule has 0 N–H and O–H groups in total. The van der Waals surface area contributed by atoms with E-state index in [-0.39, 0.29) is 11.6 Å². The van der Waals surface area contributed by atoms with Gasteiger partial charge in [0.2, 0.25) is 0 Å². The van der Waals surface area contributed by atoms with Crippen molar-refractivity contribution in [1.29, 1.82) is 0 Å². The van der Waals surface area contributed by atoms with E-state index in [0.29, 0.717) is 24.5 Å². The number of fused-ring (bicyclic) bond motifs is 1. The molecule has 150 valence electrons. The van der Waals surface area contributed by atoms with Crippen LogP contribution < -0.4 is 9.64 Å². The number of ether oxygens (including phenoxy) is 1. The van der Waals surface area contributed by atoms with Crippen molar-refractivity contribution in [2.75, 3.05) is 4.90 Å². The quantitative estimate of drug-likeness (QED) is 0.589. The minimum Gasteiger partial charge on any atom is -0.406 e. The molecule has 0 amide bonds. The number of anilines is 1. The van der Waals surface area contributed by atoms with Gasteiger partial charge in [-0.15, -0.1) is 13.2 Å². The van der Waals surface area contributed by atoms with Crippen LogP contribution in [0, 0.1) is 5.82 Å². The summed E-state index contributed by atoms with van der Waals surface area (Å²) in [5.41, 5.74) is 3.60. The summed E-state index contributed by atoms with van der Waals surface area (Å²) in [6.45, 7) is 2.91. The predicted molar refractivity (Wildman–Crippen MR) is 98.5 cm³/mol. The third-order valence-electron chi connectivity index (χ3n) is 4.43. The van der Waals surface area contributed by atoms with Gasteiger partial charge in [-0.3, -0.25) is 0 Å². The molecule has 4 rings (SSSR count). The molecule has 3 aromatic rings. The molecular weight excluding hydrogens is 388 g/mol. The minimum atomic E-state index is -4.74. The summed E-state index contributed by atoms with van der Waals surface area (Å²) in [5, 5.41) is 8.98. The van der Waals surface area contributed by atoms with Crippen molar-refractivity contribution >= 4 is 11.3 Å². The van der Waals surface area contributed by atoms with Gasteiger partial charge in [-0.25, -0.2) is 4.39 Å². The number of nitrogens with zero attached hydrogens (tertiary/aromatic N) is 4. The highest BCUT2D eigenvalue weighted by molar-refractivity contribution is 5.82. The molecule has 0 aliphatic carbocycles. The molecule has 2 aromatic carbocycles. The van der Waals surface area contributed by atoms with Gasteiger partial charge in [0, 0.05) is 17.5 Å². The Bertz CT molecular complexity index is 1040. The topological polar surface area (TPSA) is 43.2 Å². The summed E-state index contributed by atoms with van der Waals surface area (Å²) in [6, 6.07) is 11.6. The third kappa shape index (κ3) is 4.08. The number of aryl methyl sites for hydroxylation is 1. The van der Waals surface area contributed by atoms with E-state index in [9.17, 15) is 17.6 Å². The molecule has 1 aliphatic rings. The van der Waals surface area contributed by atoms with E-state index in [2.05, 4.69) is 14.9 Å². The molecule has 0 fully saturated rings. The van der Waals surface area contributed by atoms with Gasteiger partial charge in [-0.2, -0.15) is 15.0 Å². The van der Waals surface area contributed by atoms with Crippen molar-refractivity contribution in [3.8, 4) is 5.75 Å². The first-order valence-electron chi connectivity index (χ1n) is 8.87. The van der Waals surface area contributed by atoms with E-state index < -0.39 is 6.36 Å². The molecule has 1 aliphatic heterocycles. The Labute approximate surface area is 163 Å². The zero-order valence-corrected chi connectivity index (χ0v) is 15.3. The Hall–Kier alpha value is -3.36. The molecular formula is C20H16F4N4O.